The molecule has 1 aliphatic rings. The van der Waals surface area contributed by atoms with Crippen LogP contribution >= 0.6 is 15.9 Å². The molecule has 0 N–H and O–H groups in total. The molecule has 0 fully saturated rings. The Bertz CT molecular complexity index is 1400. The molecule has 1 aliphatic heterocycles. The van der Waals surface area contributed by atoms with Crippen molar-refractivity contribution in [2.75, 3.05) is 27.9 Å². The van der Waals surface area contributed by atoms with Gasteiger partial charge in [-0.05, 0) is 67.1 Å². The molecule has 196 valence electrons. The van der Waals surface area contributed by atoms with Gasteiger partial charge in [-0.2, -0.15) is 0 Å². The number of carbonyl (C=O) groups is 2. The van der Waals surface area contributed by atoms with Gasteiger partial charge in [0.15, 0.2) is 28.7 Å². The van der Waals surface area contributed by atoms with Crippen LogP contribution in [0.25, 0.3) is 6.08 Å². The second kappa shape index (κ2) is 11.8. The van der Waals surface area contributed by atoms with E-state index in [4.69, 9.17) is 28.4 Å². The highest BCUT2D eigenvalue weighted by atomic mass is 79.9. The minimum atomic E-state index is -0.653. The predicted molar refractivity (Wildman–Crippen MR) is 143 cm³/mol. The number of esters is 2. The zero-order valence-electron chi connectivity index (χ0n) is 21.1. The summed E-state index contributed by atoms with van der Waals surface area (Å²) in [4.78, 5) is 29.7. The molecule has 0 unspecified atom stereocenters. The third-order valence-electron chi connectivity index (χ3n) is 5.39. The van der Waals surface area contributed by atoms with Crippen molar-refractivity contribution < 1.29 is 38.0 Å². The van der Waals surface area contributed by atoms with E-state index in [0.717, 1.165) is 4.47 Å². The minimum Gasteiger partial charge on any atom is -0.493 e. The molecule has 3 aromatic rings. The summed E-state index contributed by atoms with van der Waals surface area (Å²) in [5, 5.41) is 0. The number of hydrogen-bond acceptors (Lipinski definition) is 9. The van der Waals surface area contributed by atoms with Gasteiger partial charge in [-0.15, -0.1) is 0 Å². The first-order valence-electron chi connectivity index (χ1n) is 11.4. The summed E-state index contributed by atoms with van der Waals surface area (Å²) in [6, 6.07) is 15.1. The topological polar surface area (TPSA) is 102 Å². The van der Waals surface area contributed by atoms with Gasteiger partial charge in [-0.1, -0.05) is 22.0 Å². The number of halogens is 1. The Morgan fingerprint density at radius 3 is 2.21 bits per heavy atom. The predicted octanol–water partition coefficient (Wildman–Crippen LogP) is 5.44. The van der Waals surface area contributed by atoms with Crippen LogP contribution in [0.4, 0.5) is 0 Å². The molecular weight excluding hydrogens is 558 g/mol. The summed E-state index contributed by atoms with van der Waals surface area (Å²) in [5.74, 6) is 0.491. The Kier molecular flexibility index (Phi) is 8.32. The molecule has 0 spiro atoms. The summed E-state index contributed by atoms with van der Waals surface area (Å²) in [5.41, 5.74) is 1.60. The molecule has 0 aromatic heterocycles. The van der Waals surface area contributed by atoms with Crippen LogP contribution in [-0.4, -0.2) is 45.8 Å². The highest BCUT2D eigenvalue weighted by Gasteiger charge is 2.25. The van der Waals surface area contributed by atoms with Crippen LogP contribution in [-0.2, 0) is 9.53 Å². The SMILES string of the molecule is CCOc1cc(/C=C2/N=C(c3ccc(Br)cc3)OC2=O)ccc1OC(=O)c1cc(OC)c(OC)c(OC)c1. The van der Waals surface area contributed by atoms with E-state index >= 15 is 0 Å². The van der Waals surface area contributed by atoms with Gasteiger partial charge in [0.25, 0.3) is 0 Å². The van der Waals surface area contributed by atoms with Gasteiger partial charge >= 0.3 is 11.9 Å². The van der Waals surface area contributed by atoms with E-state index in [9.17, 15) is 9.59 Å². The van der Waals surface area contributed by atoms with E-state index in [1.807, 2.05) is 12.1 Å². The van der Waals surface area contributed by atoms with E-state index in [0.29, 0.717) is 40.7 Å². The fourth-order valence-electron chi connectivity index (χ4n) is 3.61. The molecule has 0 bridgehead atoms. The van der Waals surface area contributed by atoms with Gasteiger partial charge in [0.1, 0.15) is 0 Å². The molecule has 3 aromatic carbocycles. The van der Waals surface area contributed by atoms with E-state index in [-0.39, 0.29) is 22.9 Å². The Balaban J connectivity index is 1.60. The summed E-state index contributed by atoms with van der Waals surface area (Å²) < 4.78 is 33.5. The molecule has 9 nitrogen and oxygen atoms in total. The molecule has 0 atom stereocenters. The lowest BCUT2D eigenvalue weighted by atomic mass is 10.1. The summed E-state index contributed by atoms with van der Waals surface area (Å²) in [6.07, 6.45) is 1.57. The van der Waals surface area contributed by atoms with Crippen molar-refractivity contribution in [2.45, 2.75) is 6.92 Å². The van der Waals surface area contributed by atoms with Crippen LogP contribution in [0.3, 0.4) is 0 Å². The Morgan fingerprint density at radius 2 is 1.61 bits per heavy atom. The van der Waals surface area contributed by atoms with Crippen molar-refractivity contribution >= 4 is 39.8 Å². The highest BCUT2D eigenvalue weighted by molar-refractivity contribution is 9.10. The van der Waals surface area contributed by atoms with Gasteiger partial charge in [0.2, 0.25) is 11.6 Å². The van der Waals surface area contributed by atoms with E-state index in [1.54, 1.807) is 43.3 Å². The van der Waals surface area contributed by atoms with E-state index in [1.165, 1.54) is 33.5 Å². The quantitative estimate of drug-likeness (QED) is 0.187. The smallest absolute Gasteiger partial charge is 0.363 e. The lowest BCUT2D eigenvalue weighted by Gasteiger charge is -2.15. The van der Waals surface area contributed by atoms with Crippen molar-refractivity contribution in [3.63, 3.8) is 0 Å². The second-order valence-corrected chi connectivity index (χ2v) is 8.70. The van der Waals surface area contributed by atoms with Gasteiger partial charge in [-0.3, -0.25) is 0 Å². The van der Waals surface area contributed by atoms with Crippen molar-refractivity contribution in [3.8, 4) is 28.7 Å². The fraction of sp³-hybridized carbons (Fsp3) is 0.179. The summed E-state index contributed by atoms with van der Waals surface area (Å²) in [7, 11) is 4.39. The van der Waals surface area contributed by atoms with Crippen LogP contribution in [0.2, 0.25) is 0 Å². The van der Waals surface area contributed by atoms with Gasteiger partial charge < -0.3 is 28.4 Å². The minimum absolute atomic E-state index is 0.132. The van der Waals surface area contributed by atoms with E-state index in [2.05, 4.69) is 20.9 Å². The fourth-order valence-corrected chi connectivity index (χ4v) is 3.87. The standard InChI is InChI=1S/C28H24BrNO8/c1-5-36-22-13-16(12-20-28(32)38-26(30-20)17-7-9-19(29)10-8-17)6-11-21(22)37-27(31)18-14-23(33-2)25(35-4)24(15-18)34-3/h6-15H,5H2,1-4H3/b20-12+. The first-order valence-corrected chi connectivity index (χ1v) is 12.2. The van der Waals surface area contributed by atoms with Crippen molar-refractivity contribution in [1.29, 1.82) is 0 Å². The highest BCUT2D eigenvalue weighted by Crippen LogP contribution is 2.39. The largest absolute Gasteiger partial charge is 0.493 e. The third kappa shape index (κ3) is 5.81. The number of cyclic esters (lactones) is 1. The maximum Gasteiger partial charge on any atom is 0.363 e. The first kappa shape index (κ1) is 26.7. The lowest BCUT2D eigenvalue weighted by Crippen LogP contribution is -2.11. The zero-order valence-corrected chi connectivity index (χ0v) is 22.7. The molecule has 0 radical (unpaired) electrons. The molecule has 0 aliphatic carbocycles. The number of nitrogens with zero attached hydrogens (tertiary/aromatic N) is 1. The number of ether oxygens (including phenoxy) is 6. The Labute approximate surface area is 227 Å². The van der Waals surface area contributed by atoms with Gasteiger partial charge in [0, 0.05) is 10.0 Å². The van der Waals surface area contributed by atoms with Crippen LogP contribution in [0.1, 0.15) is 28.4 Å². The molecule has 38 heavy (non-hydrogen) atoms. The molecule has 1 heterocycles. The van der Waals surface area contributed by atoms with Crippen molar-refractivity contribution in [3.05, 3.63) is 81.5 Å². The normalized spacial score (nSPS) is 13.6. The average Bonchev–Trinajstić information content (AvgIpc) is 3.29. The maximum atomic E-state index is 13.0. The van der Waals surface area contributed by atoms with E-state index < -0.39 is 11.9 Å². The average molecular weight is 582 g/mol. The Hall–Kier alpha value is -4.31. The monoisotopic (exact) mass is 581 g/mol. The number of carbonyl (C=O) groups excluding carboxylic acids is 2. The number of rotatable bonds is 9. The number of hydrogen-bond donors (Lipinski definition) is 0. The van der Waals surface area contributed by atoms with Gasteiger partial charge in [0.05, 0.1) is 33.5 Å². The van der Waals surface area contributed by atoms with Gasteiger partial charge in [-0.25, -0.2) is 14.6 Å². The third-order valence-corrected chi connectivity index (χ3v) is 5.91. The number of benzene rings is 3. The van der Waals surface area contributed by atoms with Crippen LogP contribution in [0, 0.1) is 0 Å². The summed E-state index contributed by atoms with van der Waals surface area (Å²) in [6.45, 7) is 2.13. The molecule has 4 rings (SSSR count). The van der Waals surface area contributed by atoms with Crippen LogP contribution in [0.5, 0.6) is 28.7 Å². The van der Waals surface area contributed by atoms with Crippen LogP contribution in [0.15, 0.2) is 69.8 Å². The lowest BCUT2D eigenvalue weighted by molar-refractivity contribution is -0.129. The second-order valence-electron chi connectivity index (χ2n) is 7.79. The molecule has 0 saturated carbocycles. The van der Waals surface area contributed by atoms with Crippen molar-refractivity contribution in [1.82, 2.24) is 0 Å². The van der Waals surface area contributed by atoms with Crippen LogP contribution < -0.4 is 23.7 Å². The molecule has 0 saturated heterocycles. The molecule has 10 heteroatoms. The Morgan fingerprint density at radius 1 is 0.921 bits per heavy atom. The molecular formula is C28H24BrNO8. The first-order chi connectivity index (χ1) is 18.4. The maximum absolute atomic E-state index is 13.0. The van der Waals surface area contributed by atoms with Crippen molar-refractivity contribution in [2.24, 2.45) is 4.99 Å². The zero-order chi connectivity index (χ0) is 27.2. The number of methoxy groups -OCH3 is 3. The number of aliphatic imine (C=N–C) groups is 1. The summed E-state index contributed by atoms with van der Waals surface area (Å²) >= 11 is 3.38. The molecule has 0 amide bonds.